The molecule has 114 valence electrons. The fourth-order valence-corrected chi connectivity index (χ4v) is 3.02. The molecule has 0 bridgehead atoms. The molecule has 0 radical (unpaired) electrons. The predicted molar refractivity (Wildman–Crippen MR) is 90.1 cm³/mol. The lowest BCUT2D eigenvalue weighted by molar-refractivity contribution is 0.450. The van der Waals surface area contributed by atoms with Crippen molar-refractivity contribution in [2.24, 2.45) is 5.92 Å². The van der Waals surface area contributed by atoms with Gasteiger partial charge in [0.15, 0.2) is 0 Å². The molecule has 1 aromatic carbocycles. The van der Waals surface area contributed by atoms with Crippen molar-refractivity contribution in [1.29, 1.82) is 0 Å². The smallest absolute Gasteiger partial charge is 0.131 e. The molecule has 0 spiro atoms. The number of nitrogens with one attached hydrogen (secondary N) is 1. The lowest BCUT2D eigenvalue weighted by atomic mass is 10.0. The summed E-state index contributed by atoms with van der Waals surface area (Å²) >= 11 is 1.57. The Labute approximate surface area is 131 Å². The first kappa shape index (κ1) is 16.2. The highest BCUT2D eigenvalue weighted by Crippen LogP contribution is 2.28. The van der Waals surface area contributed by atoms with Gasteiger partial charge in [-0.2, -0.15) is 0 Å². The van der Waals surface area contributed by atoms with E-state index in [2.05, 4.69) is 26.1 Å². The summed E-state index contributed by atoms with van der Waals surface area (Å²) in [4.78, 5) is 0.988. The molecule has 0 aliphatic heterocycles. The van der Waals surface area contributed by atoms with Crippen LogP contribution >= 0.6 is 11.3 Å². The molecule has 0 saturated carbocycles. The summed E-state index contributed by atoms with van der Waals surface area (Å²) < 4.78 is 13.9. The third-order valence-electron chi connectivity index (χ3n) is 3.65. The maximum Gasteiger partial charge on any atom is 0.131 e. The van der Waals surface area contributed by atoms with E-state index >= 15 is 0 Å². The van der Waals surface area contributed by atoms with Crippen molar-refractivity contribution < 1.29 is 4.39 Å². The highest BCUT2D eigenvalue weighted by Gasteiger charge is 2.08. The second-order valence-corrected chi connectivity index (χ2v) is 6.99. The minimum absolute atomic E-state index is 0.144. The van der Waals surface area contributed by atoms with Gasteiger partial charge in [0.1, 0.15) is 5.82 Å². The van der Waals surface area contributed by atoms with Crippen LogP contribution in [0.3, 0.4) is 0 Å². The van der Waals surface area contributed by atoms with Crippen molar-refractivity contribution in [2.75, 3.05) is 0 Å². The SMILES string of the molecule is CC(C)CCC(C)NCc1ccc(F)c(-c2cccs2)c1. The highest BCUT2D eigenvalue weighted by atomic mass is 32.1. The minimum Gasteiger partial charge on any atom is -0.310 e. The summed E-state index contributed by atoms with van der Waals surface area (Å²) in [5.41, 5.74) is 1.84. The Hall–Kier alpha value is -1.19. The molecule has 0 aliphatic rings. The zero-order chi connectivity index (χ0) is 15.2. The fraction of sp³-hybridized carbons (Fsp3) is 0.444. The van der Waals surface area contributed by atoms with Crippen molar-refractivity contribution in [3.8, 4) is 10.4 Å². The van der Waals surface area contributed by atoms with Gasteiger partial charge in [-0.25, -0.2) is 4.39 Å². The Kier molecular flexibility index (Phi) is 5.95. The van der Waals surface area contributed by atoms with Crippen LogP contribution in [-0.4, -0.2) is 6.04 Å². The second kappa shape index (κ2) is 7.71. The number of halogens is 1. The molecule has 0 aliphatic carbocycles. The van der Waals surface area contributed by atoms with E-state index in [4.69, 9.17) is 0 Å². The summed E-state index contributed by atoms with van der Waals surface area (Å²) in [6.07, 6.45) is 2.41. The van der Waals surface area contributed by atoms with Gasteiger partial charge in [-0.05, 0) is 54.8 Å². The minimum atomic E-state index is -0.144. The standard InChI is InChI=1S/C18H24FNS/c1-13(2)6-7-14(3)20-12-15-8-9-17(19)16(11-15)18-5-4-10-21-18/h4-5,8-11,13-14,20H,6-7,12H2,1-3H3. The summed E-state index contributed by atoms with van der Waals surface area (Å²) in [6.45, 7) is 7.50. The quantitative estimate of drug-likeness (QED) is 0.715. The van der Waals surface area contributed by atoms with Crippen molar-refractivity contribution in [3.05, 3.63) is 47.1 Å². The van der Waals surface area contributed by atoms with Crippen LogP contribution in [0, 0.1) is 11.7 Å². The van der Waals surface area contributed by atoms with Crippen LogP contribution < -0.4 is 5.32 Å². The Bertz CT molecular complexity index is 548. The van der Waals surface area contributed by atoms with Crippen molar-refractivity contribution in [3.63, 3.8) is 0 Å². The van der Waals surface area contributed by atoms with E-state index < -0.39 is 0 Å². The number of hydrogen-bond acceptors (Lipinski definition) is 2. The Morgan fingerprint density at radius 3 is 2.62 bits per heavy atom. The largest absolute Gasteiger partial charge is 0.310 e. The molecule has 1 N–H and O–H groups in total. The van der Waals surface area contributed by atoms with E-state index in [9.17, 15) is 4.39 Å². The van der Waals surface area contributed by atoms with E-state index in [0.29, 0.717) is 11.6 Å². The molecule has 1 unspecified atom stereocenters. The second-order valence-electron chi connectivity index (χ2n) is 6.04. The van der Waals surface area contributed by atoms with E-state index in [-0.39, 0.29) is 5.82 Å². The number of rotatable bonds is 7. The first-order valence-corrected chi connectivity index (χ1v) is 8.50. The summed E-state index contributed by atoms with van der Waals surface area (Å²) in [5, 5.41) is 5.51. The third-order valence-corrected chi connectivity index (χ3v) is 4.55. The summed E-state index contributed by atoms with van der Waals surface area (Å²) in [7, 11) is 0. The van der Waals surface area contributed by atoms with Crippen molar-refractivity contribution in [1.82, 2.24) is 5.32 Å². The van der Waals surface area contributed by atoms with Gasteiger partial charge in [-0.1, -0.05) is 26.0 Å². The van der Waals surface area contributed by atoms with Gasteiger partial charge < -0.3 is 5.32 Å². The van der Waals surface area contributed by atoms with Crippen LogP contribution in [0.4, 0.5) is 4.39 Å². The van der Waals surface area contributed by atoms with E-state index in [1.54, 1.807) is 17.4 Å². The maximum atomic E-state index is 13.9. The Morgan fingerprint density at radius 2 is 1.95 bits per heavy atom. The van der Waals surface area contributed by atoms with E-state index in [0.717, 1.165) is 22.9 Å². The molecule has 2 rings (SSSR count). The van der Waals surface area contributed by atoms with Crippen LogP contribution in [0.5, 0.6) is 0 Å². The molecule has 0 amide bonds. The van der Waals surface area contributed by atoms with E-state index in [1.165, 1.54) is 12.8 Å². The maximum absolute atomic E-state index is 13.9. The van der Waals surface area contributed by atoms with Crippen molar-refractivity contribution >= 4 is 11.3 Å². The average molecular weight is 305 g/mol. The molecule has 0 saturated heterocycles. The Balaban J connectivity index is 1.97. The molecule has 1 nitrogen and oxygen atoms in total. The van der Waals surface area contributed by atoms with E-state index in [1.807, 2.05) is 29.6 Å². The van der Waals surface area contributed by atoms with Gasteiger partial charge in [0.25, 0.3) is 0 Å². The molecule has 3 heteroatoms. The Morgan fingerprint density at radius 1 is 1.14 bits per heavy atom. The molecule has 0 fully saturated rings. The zero-order valence-corrected chi connectivity index (χ0v) is 13.8. The van der Waals surface area contributed by atoms with Crippen molar-refractivity contribution in [2.45, 2.75) is 46.2 Å². The zero-order valence-electron chi connectivity index (χ0n) is 13.0. The third kappa shape index (κ3) is 4.94. The normalized spacial score (nSPS) is 12.8. The summed E-state index contributed by atoms with van der Waals surface area (Å²) in [6, 6.07) is 9.81. The average Bonchev–Trinajstić information content (AvgIpc) is 2.98. The van der Waals surface area contributed by atoms with Gasteiger partial charge in [-0.3, -0.25) is 0 Å². The lowest BCUT2D eigenvalue weighted by Crippen LogP contribution is -2.25. The number of thiophene rings is 1. The molecular weight excluding hydrogens is 281 g/mol. The van der Waals surface area contributed by atoms with Gasteiger partial charge in [0.05, 0.1) is 0 Å². The molecule has 1 atom stereocenters. The first-order chi connectivity index (χ1) is 10.1. The topological polar surface area (TPSA) is 12.0 Å². The van der Waals surface area contributed by atoms with Gasteiger partial charge >= 0.3 is 0 Å². The van der Waals surface area contributed by atoms with Gasteiger partial charge in [0, 0.05) is 23.0 Å². The van der Waals surface area contributed by atoms with Crippen LogP contribution in [-0.2, 0) is 6.54 Å². The lowest BCUT2D eigenvalue weighted by Gasteiger charge is -2.15. The van der Waals surface area contributed by atoms with Crippen LogP contribution in [0.25, 0.3) is 10.4 Å². The van der Waals surface area contributed by atoms with Gasteiger partial charge in [-0.15, -0.1) is 11.3 Å². The predicted octanol–water partition coefficient (Wildman–Crippen LogP) is 5.47. The van der Waals surface area contributed by atoms with Crippen LogP contribution in [0.1, 0.15) is 39.2 Å². The van der Waals surface area contributed by atoms with Gasteiger partial charge in [0.2, 0.25) is 0 Å². The molecule has 21 heavy (non-hydrogen) atoms. The fourth-order valence-electron chi connectivity index (χ4n) is 2.28. The molecular formula is C18H24FNS. The molecule has 1 heterocycles. The number of benzene rings is 1. The first-order valence-electron chi connectivity index (χ1n) is 7.62. The summed E-state index contributed by atoms with van der Waals surface area (Å²) in [5.74, 6) is 0.597. The molecule has 2 aromatic rings. The van der Waals surface area contributed by atoms with Crippen LogP contribution in [0.2, 0.25) is 0 Å². The molecule has 1 aromatic heterocycles. The van der Waals surface area contributed by atoms with Crippen LogP contribution in [0.15, 0.2) is 35.7 Å². The number of hydrogen-bond donors (Lipinski definition) is 1. The monoisotopic (exact) mass is 305 g/mol. The highest BCUT2D eigenvalue weighted by molar-refractivity contribution is 7.13.